The van der Waals surface area contributed by atoms with Crippen LogP contribution in [0, 0.1) is 17.0 Å². The number of halogens is 1. The summed E-state index contributed by atoms with van der Waals surface area (Å²) in [6, 6.07) is 13.4. The molecule has 0 heterocycles. The number of amides is 1. The number of carbonyl (C=O) groups excluding carboxylic acids is 2. The number of ether oxygens (including phenoxy) is 2. The van der Waals surface area contributed by atoms with Gasteiger partial charge in [-0.1, -0.05) is 17.7 Å². The van der Waals surface area contributed by atoms with Gasteiger partial charge in [0.1, 0.15) is 12.3 Å². The van der Waals surface area contributed by atoms with Gasteiger partial charge in [-0.25, -0.2) is 13.2 Å². The van der Waals surface area contributed by atoms with Crippen LogP contribution in [0.3, 0.4) is 0 Å². The first-order valence-electron chi connectivity index (χ1n) is 10.6. The summed E-state index contributed by atoms with van der Waals surface area (Å²) in [6.45, 7) is 0.755. The van der Waals surface area contributed by atoms with Crippen molar-refractivity contribution in [3.8, 4) is 5.75 Å². The smallest absolute Gasteiger partial charge is 0.337 e. The number of carbonyl (C=O) groups is 2. The molecule has 13 heteroatoms. The largest absolute Gasteiger partial charge is 0.495 e. The van der Waals surface area contributed by atoms with Crippen LogP contribution >= 0.6 is 11.6 Å². The minimum absolute atomic E-state index is 0.0468. The maximum absolute atomic E-state index is 13.7. The maximum atomic E-state index is 13.7. The molecule has 3 aromatic rings. The molecule has 11 nitrogen and oxygen atoms in total. The van der Waals surface area contributed by atoms with Gasteiger partial charge in [-0.3, -0.25) is 19.2 Å². The zero-order valence-corrected chi connectivity index (χ0v) is 21.5. The number of sulfonamides is 1. The summed E-state index contributed by atoms with van der Waals surface area (Å²) < 4.78 is 38.1. The number of nitro groups is 1. The van der Waals surface area contributed by atoms with E-state index in [0.717, 1.165) is 10.4 Å². The molecular formula is C24H22ClN3O8S. The normalized spacial score (nSPS) is 10.9. The molecule has 0 aromatic heterocycles. The van der Waals surface area contributed by atoms with Crippen molar-refractivity contribution in [3.05, 3.63) is 86.9 Å². The molecule has 3 aromatic carbocycles. The topological polar surface area (TPSA) is 145 Å². The number of benzene rings is 3. The Morgan fingerprint density at radius 3 is 2.32 bits per heavy atom. The fourth-order valence-corrected chi connectivity index (χ4v) is 4.98. The lowest BCUT2D eigenvalue weighted by atomic mass is 10.2. The van der Waals surface area contributed by atoms with E-state index in [-0.39, 0.29) is 27.6 Å². The van der Waals surface area contributed by atoms with Gasteiger partial charge < -0.3 is 14.8 Å². The average molecular weight is 548 g/mol. The van der Waals surface area contributed by atoms with Crippen molar-refractivity contribution in [3.63, 3.8) is 0 Å². The van der Waals surface area contributed by atoms with Gasteiger partial charge in [-0.15, -0.1) is 0 Å². The second kappa shape index (κ2) is 11.3. The van der Waals surface area contributed by atoms with Crippen molar-refractivity contribution in [1.29, 1.82) is 0 Å². The standard InChI is InChI=1S/C24H22ClN3O8S/c1-15-4-10-19(13-20(15)28(31)32)37(33,34)27(21-12-17(25)7-11-22(21)35-2)14-23(29)26-18-8-5-16(6-9-18)24(30)36-3/h4-13H,14H2,1-3H3,(H,26,29). The number of nitro benzene ring substituents is 1. The number of nitrogens with one attached hydrogen (secondary N) is 1. The van der Waals surface area contributed by atoms with Crippen molar-refractivity contribution in [2.45, 2.75) is 11.8 Å². The summed E-state index contributed by atoms with van der Waals surface area (Å²) in [5.74, 6) is -1.20. The molecule has 1 amide bonds. The minimum Gasteiger partial charge on any atom is -0.495 e. The molecule has 0 atom stereocenters. The van der Waals surface area contributed by atoms with Crippen molar-refractivity contribution in [2.24, 2.45) is 0 Å². The van der Waals surface area contributed by atoms with Gasteiger partial charge in [0, 0.05) is 22.3 Å². The molecule has 37 heavy (non-hydrogen) atoms. The van der Waals surface area contributed by atoms with Crippen molar-refractivity contribution < 1.29 is 32.4 Å². The lowest BCUT2D eigenvalue weighted by Gasteiger charge is -2.26. The minimum atomic E-state index is -4.52. The Labute approximate surface area is 217 Å². The van der Waals surface area contributed by atoms with E-state index in [2.05, 4.69) is 10.1 Å². The van der Waals surface area contributed by atoms with Gasteiger partial charge in [0.2, 0.25) is 5.91 Å². The maximum Gasteiger partial charge on any atom is 0.337 e. The predicted octanol–water partition coefficient (Wildman–Crippen LogP) is 4.19. The van der Waals surface area contributed by atoms with Crippen LogP contribution in [0.15, 0.2) is 65.6 Å². The van der Waals surface area contributed by atoms with Gasteiger partial charge >= 0.3 is 5.97 Å². The van der Waals surface area contributed by atoms with Crippen LogP contribution < -0.4 is 14.4 Å². The fourth-order valence-electron chi connectivity index (χ4n) is 3.37. The molecule has 0 saturated carbocycles. The van der Waals surface area contributed by atoms with E-state index in [9.17, 15) is 28.1 Å². The molecule has 0 aliphatic rings. The Hall–Kier alpha value is -4.16. The second-order valence-corrected chi connectivity index (χ2v) is 9.95. The van der Waals surface area contributed by atoms with E-state index in [4.69, 9.17) is 16.3 Å². The number of esters is 1. The van der Waals surface area contributed by atoms with Gasteiger partial charge in [-0.05, 0) is 55.5 Å². The molecule has 0 unspecified atom stereocenters. The first kappa shape index (κ1) is 27.4. The van der Waals surface area contributed by atoms with E-state index in [1.807, 2.05) is 0 Å². The molecule has 0 aliphatic carbocycles. The Kier molecular flexibility index (Phi) is 8.35. The van der Waals surface area contributed by atoms with E-state index in [1.54, 1.807) is 0 Å². The highest BCUT2D eigenvalue weighted by Crippen LogP contribution is 2.35. The number of hydrogen-bond acceptors (Lipinski definition) is 8. The average Bonchev–Trinajstić information content (AvgIpc) is 2.87. The highest BCUT2D eigenvalue weighted by atomic mass is 35.5. The van der Waals surface area contributed by atoms with Gasteiger partial charge in [0.25, 0.3) is 15.7 Å². The summed E-state index contributed by atoms with van der Waals surface area (Å²) in [5.41, 5.74) is 0.376. The van der Waals surface area contributed by atoms with Crippen LogP contribution in [-0.4, -0.2) is 46.0 Å². The number of hydrogen-bond donors (Lipinski definition) is 1. The zero-order chi connectivity index (χ0) is 27.3. The molecular weight excluding hydrogens is 526 g/mol. The van der Waals surface area contributed by atoms with Crippen LogP contribution in [0.1, 0.15) is 15.9 Å². The quantitative estimate of drug-likeness (QED) is 0.238. The molecule has 0 bridgehead atoms. The summed E-state index contributed by atoms with van der Waals surface area (Å²) >= 11 is 6.12. The molecule has 0 spiro atoms. The molecule has 0 aliphatic heterocycles. The van der Waals surface area contributed by atoms with Crippen LogP contribution in [0.5, 0.6) is 5.75 Å². The molecule has 0 radical (unpaired) electrons. The number of nitrogens with zero attached hydrogens (tertiary/aromatic N) is 2. The molecule has 3 rings (SSSR count). The van der Waals surface area contributed by atoms with Crippen LogP contribution in [0.25, 0.3) is 0 Å². The Morgan fingerprint density at radius 1 is 1.05 bits per heavy atom. The molecule has 1 N–H and O–H groups in total. The number of methoxy groups -OCH3 is 2. The third-order valence-corrected chi connectivity index (χ3v) is 7.24. The lowest BCUT2D eigenvalue weighted by molar-refractivity contribution is -0.385. The SMILES string of the molecule is COC(=O)c1ccc(NC(=O)CN(c2cc(Cl)ccc2OC)S(=O)(=O)c2ccc(C)c([N+](=O)[O-])c2)cc1. The molecule has 0 saturated heterocycles. The second-order valence-electron chi connectivity index (χ2n) is 7.65. The van der Waals surface area contributed by atoms with Crippen LogP contribution in [-0.2, 0) is 19.6 Å². The van der Waals surface area contributed by atoms with Crippen molar-refractivity contribution in [2.75, 3.05) is 30.4 Å². The van der Waals surface area contributed by atoms with Crippen LogP contribution in [0.2, 0.25) is 5.02 Å². The van der Waals surface area contributed by atoms with Gasteiger partial charge in [0.15, 0.2) is 0 Å². The Morgan fingerprint density at radius 2 is 1.73 bits per heavy atom. The Balaban J connectivity index is 2.03. The zero-order valence-electron chi connectivity index (χ0n) is 19.9. The lowest BCUT2D eigenvalue weighted by Crippen LogP contribution is -2.38. The highest BCUT2D eigenvalue weighted by Gasteiger charge is 2.31. The molecule has 194 valence electrons. The number of rotatable bonds is 9. The number of aryl methyl sites for hydroxylation is 1. The van der Waals surface area contributed by atoms with Crippen molar-refractivity contribution in [1.82, 2.24) is 0 Å². The van der Waals surface area contributed by atoms with E-state index in [0.29, 0.717) is 5.69 Å². The summed E-state index contributed by atoms with van der Waals surface area (Å²) in [7, 11) is -1.96. The number of anilines is 2. The Bertz CT molecular complexity index is 1460. The van der Waals surface area contributed by atoms with Crippen molar-refractivity contribution >= 4 is 50.6 Å². The van der Waals surface area contributed by atoms with Gasteiger partial charge in [0.05, 0.1) is 35.3 Å². The highest BCUT2D eigenvalue weighted by molar-refractivity contribution is 7.92. The summed E-state index contributed by atoms with van der Waals surface area (Å²) in [6.07, 6.45) is 0. The first-order valence-corrected chi connectivity index (χ1v) is 12.4. The predicted molar refractivity (Wildman–Crippen MR) is 137 cm³/mol. The summed E-state index contributed by atoms with van der Waals surface area (Å²) in [4.78, 5) is 34.9. The summed E-state index contributed by atoms with van der Waals surface area (Å²) in [5, 5.41) is 14.2. The van der Waals surface area contributed by atoms with E-state index in [1.165, 1.54) is 75.7 Å². The monoisotopic (exact) mass is 547 g/mol. The van der Waals surface area contributed by atoms with Crippen LogP contribution in [0.4, 0.5) is 17.1 Å². The van der Waals surface area contributed by atoms with Gasteiger partial charge in [-0.2, -0.15) is 0 Å². The fraction of sp³-hybridized carbons (Fsp3) is 0.167. The molecule has 0 fully saturated rings. The van der Waals surface area contributed by atoms with E-state index < -0.39 is 44.0 Å². The third-order valence-electron chi connectivity index (χ3n) is 5.25. The third kappa shape index (κ3) is 6.16. The van der Waals surface area contributed by atoms with E-state index >= 15 is 0 Å². The first-order chi connectivity index (χ1) is 17.5.